The second-order valence-electron chi connectivity index (χ2n) is 5.55. The average Bonchev–Trinajstić information content (AvgIpc) is 2.53. The van der Waals surface area contributed by atoms with Gasteiger partial charge >= 0.3 is 6.18 Å². The van der Waals surface area contributed by atoms with Crippen molar-refractivity contribution in [1.29, 1.82) is 0 Å². The highest BCUT2D eigenvalue weighted by atomic mass is 35.5. The molecule has 2 amide bonds. The molecule has 2 aromatic rings. The third kappa shape index (κ3) is 4.95. The van der Waals surface area contributed by atoms with Gasteiger partial charge in [-0.15, -0.1) is 0 Å². The van der Waals surface area contributed by atoms with Gasteiger partial charge in [0.15, 0.2) is 0 Å². The first-order chi connectivity index (χ1) is 12.1. The van der Waals surface area contributed by atoms with Crippen molar-refractivity contribution in [3.8, 4) is 0 Å². The van der Waals surface area contributed by atoms with E-state index in [1.165, 1.54) is 14.0 Å². The van der Waals surface area contributed by atoms with Crippen molar-refractivity contribution in [3.05, 3.63) is 58.4 Å². The smallest absolute Gasteiger partial charge is 0.332 e. The van der Waals surface area contributed by atoms with Gasteiger partial charge in [-0.25, -0.2) is 4.98 Å². The van der Waals surface area contributed by atoms with E-state index in [4.69, 9.17) is 11.6 Å². The summed E-state index contributed by atoms with van der Waals surface area (Å²) in [7, 11) is 1.37. The van der Waals surface area contributed by atoms with Gasteiger partial charge in [-0.05, 0) is 37.3 Å². The minimum absolute atomic E-state index is 0.00365. The summed E-state index contributed by atoms with van der Waals surface area (Å²) in [6.07, 6.45) is -4.59. The fraction of sp³-hybridized carbons (Fsp3) is 0.235. The van der Waals surface area contributed by atoms with Crippen LogP contribution in [0.15, 0.2) is 36.4 Å². The monoisotopic (exact) mass is 385 g/mol. The number of nitrogens with zero attached hydrogens (tertiary/aromatic N) is 2. The maximum absolute atomic E-state index is 12.6. The zero-order valence-corrected chi connectivity index (χ0v) is 14.6. The van der Waals surface area contributed by atoms with Crippen LogP contribution >= 0.6 is 11.6 Å². The summed E-state index contributed by atoms with van der Waals surface area (Å²) < 4.78 is 37.9. The van der Waals surface area contributed by atoms with Gasteiger partial charge in [0.25, 0.3) is 5.91 Å². The van der Waals surface area contributed by atoms with Gasteiger partial charge in [0, 0.05) is 17.8 Å². The summed E-state index contributed by atoms with van der Waals surface area (Å²) in [6.45, 7) is 1.02. The molecule has 1 heterocycles. The normalized spacial score (nSPS) is 11.2. The summed E-state index contributed by atoms with van der Waals surface area (Å²) in [6, 6.07) is 8.27. The number of anilines is 1. The molecule has 0 fully saturated rings. The summed E-state index contributed by atoms with van der Waals surface area (Å²) in [5.74, 6) is -1.08. The Hall–Kier alpha value is -2.61. The summed E-state index contributed by atoms with van der Waals surface area (Å²) in [5.41, 5.74) is -0.674. The first-order valence-corrected chi connectivity index (χ1v) is 7.81. The number of rotatable bonds is 4. The Morgan fingerprint density at radius 3 is 2.50 bits per heavy atom. The lowest BCUT2D eigenvalue weighted by molar-refractivity contribution is -0.141. The predicted octanol–water partition coefficient (Wildman–Crippen LogP) is 3.77. The van der Waals surface area contributed by atoms with Gasteiger partial charge in [-0.2, -0.15) is 13.2 Å². The minimum atomic E-state index is -4.59. The number of hydrogen-bond acceptors (Lipinski definition) is 3. The highest BCUT2D eigenvalue weighted by Crippen LogP contribution is 2.28. The first-order valence-electron chi connectivity index (χ1n) is 7.43. The van der Waals surface area contributed by atoms with E-state index in [-0.39, 0.29) is 17.8 Å². The van der Waals surface area contributed by atoms with E-state index in [0.29, 0.717) is 10.7 Å². The van der Waals surface area contributed by atoms with Crippen molar-refractivity contribution in [2.75, 3.05) is 18.9 Å². The Morgan fingerprint density at radius 2 is 1.92 bits per heavy atom. The zero-order valence-electron chi connectivity index (χ0n) is 13.9. The number of carbonyl (C=O) groups excluding carboxylic acids is 2. The lowest BCUT2D eigenvalue weighted by Crippen LogP contribution is -2.35. The van der Waals surface area contributed by atoms with Crippen LogP contribution in [0.25, 0.3) is 0 Å². The number of benzene rings is 1. The fourth-order valence-electron chi connectivity index (χ4n) is 2.20. The highest BCUT2D eigenvalue weighted by Gasteiger charge is 2.33. The Labute approximate surface area is 152 Å². The van der Waals surface area contributed by atoms with E-state index in [1.807, 2.05) is 0 Å². The van der Waals surface area contributed by atoms with Crippen LogP contribution in [0, 0.1) is 6.92 Å². The number of halogens is 4. The molecule has 1 N–H and O–H groups in total. The Bertz CT molecular complexity index is 840. The molecule has 0 aliphatic rings. The number of likely N-dealkylation sites (N-methyl/N-ethyl adjacent to an activating group) is 1. The van der Waals surface area contributed by atoms with Crippen LogP contribution in [0.1, 0.15) is 21.7 Å². The maximum Gasteiger partial charge on any atom is 0.433 e. The second-order valence-corrected chi connectivity index (χ2v) is 5.98. The molecule has 0 atom stereocenters. The third-order valence-corrected chi connectivity index (χ3v) is 3.68. The van der Waals surface area contributed by atoms with Gasteiger partial charge < -0.3 is 10.2 Å². The molecule has 0 saturated heterocycles. The van der Waals surface area contributed by atoms with Crippen molar-refractivity contribution in [3.63, 3.8) is 0 Å². The Morgan fingerprint density at radius 1 is 1.23 bits per heavy atom. The standard InChI is InChI=1S/C17H15ClF3N3O2/c1-10-13(6-7-14(22-10)17(19,20)21)16(26)24(2)9-15(25)23-12-5-3-4-11(18)8-12/h3-8H,9H2,1-2H3,(H,23,25). The summed E-state index contributed by atoms with van der Waals surface area (Å²) in [5, 5.41) is 3.03. The number of amides is 2. The van der Waals surface area contributed by atoms with Crippen LogP contribution < -0.4 is 5.32 Å². The number of aryl methyl sites for hydroxylation is 1. The van der Waals surface area contributed by atoms with Crippen molar-refractivity contribution >= 4 is 29.1 Å². The van der Waals surface area contributed by atoms with Crippen molar-refractivity contribution in [2.24, 2.45) is 0 Å². The van der Waals surface area contributed by atoms with E-state index in [9.17, 15) is 22.8 Å². The second kappa shape index (κ2) is 7.74. The average molecular weight is 386 g/mol. The maximum atomic E-state index is 12.6. The summed E-state index contributed by atoms with van der Waals surface area (Å²) in [4.78, 5) is 28.9. The van der Waals surface area contributed by atoms with Gasteiger partial charge in [-0.3, -0.25) is 9.59 Å². The number of hydrogen-bond donors (Lipinski definition) is 1. The zero-order chi connectivity index (χ0) is 19.5. The van der Waals surface area contributed by atoms with Crippen LogP contribution in [0.2, 0.25) is 5.02 Å². The Balaban J connectivity index is 2.06. The van der Waals surface area contributed by atoms with E-state index < -0.39 is 23.7 Å². The number of nitrogens with one attached hydrogen (secondary N) is 1. The minimum Gasteiger partial charge on any atom is -0.332 e. The molecule has 0 aliphatic carbocycles. The fourth-order valence-corrected chi connectivity index (χ4v) is 2.39. The predicted molar refractivity (Wildman–Crippen MR) is 91.0 cm³/mol. The molecule has 9 heteroatoms. The molecule has 1 aromatic carbocycles. The molecule has 0 aliphatic heterocycles. The lowest BCUT2D eigenvalue weighted by atomic mass is 10.1. The summed E-state index contributed by atoms with van der Waals surface area (Å²) >= 11 is 5.82. The van der Waals surface area contributed by atoms with E-state index in [0.717, 1.165) is 17.0 Å². The van der Waals surface area contributed by atoms with Crippen LogP contribution in [-0.2, 0) is 11.0 Å². The molecule has 1 aromatic heterocycles. The van der Waals surface area contributed by atoms with Gasteiger partial charge in [0.05, 0.1) is 17.8 Å². The topological polar surface area (TPSA) is 62.3 Å². The number of aromatic nitrogens is 1. The van der Waals surface area contributed by atoms with Crippen LogP contribution in [0.4, 0.5) is 18.9 Å². The van der Waals surface area contributed by atoms with E-state index in [1.54, 1.807) is 24.3 Å². The van der Waals surface area contributed by atoms with Crippen LogP contribution in [0.5, 0.6) is 0 Å². The molecule has 138 valence electrons. The van der Waals surface area contributed by atoms with Gasteiger partial charge in [0.1, 0.15) is 5.69 Å². The molecular weight excluding hydrogens is 371 g/mol. The molecular formula is C17H15ClF3N3O2. The Kier molecular flexibility index (Phi) is 5.86. The molecule has 0 radical (unpaired) electrons. The molecule has 2 rings (SSSR count). The largest absolute Gasteiger partial charge is 0.433 e. The van der Waals surface area contributed by atoms with Crippen molar-refractivity contribution in [1.82, 2.24) is 9.88 Å². The van der Waals surface area contributed by atoms with Crippen LogP contribution in [0.3, 0.4) is 0 Å². The molecule has 0 saturated carbocycles. The van der Waals surface area contributed by atoms with Gasteiger partial charge in [-0.1, -0.05) is 17.7 Å². The first kappa shape index (κ1) is 19.7. The molecule has 26 heavy (non-hydrogen) atoms. The highest BCUT2D eigenvalue weighted by molar-refractivity contribution is 6.30. The molecule has 0 spiro atoms. The number of pyridine rings is 1. The third-order valence-electron chi connectivity index (χ3n) is 3.44. The van der Waals surface area contributed by atoms with E-state index in [2.05, 4.69) is 10.3 Å². The van der Waals surface area contributed by atoms with Crippen LogP contribution in [-0.4, -0.2) is 35.3 Å². The molecule has 5 nitrogen and oxygen atoms in total. The van der Waals surface area contributed by atoms with Crippen molar-refractivity contribution in [2.45, 2.75) is 13.1 Å². The van der Waals surface area contributed by atoms with E-state index >= 15 is 0 Å². The lowest BCUT2D eigenvalue weighted by Gasteiger charge is -2.18. The molecule has 0 bridgehead atoms. The quantitative estimate of drug-likeness (QED) is 0.871. The molecule has 0 unspecified atom stereocenters. The number of carbonyl (C=O) groups is 2. The SMILES string of the molecule is Cc1nc(C(F)(F)F)ccc1C(=O)N(C)CC(=O)Nc1cccc(Cl)c1. The number of alkyl halides is 3. The van der Waals surface area contributed by atoms with Crippen molar-refractivity contribution < 1.29 is 22.8 Å². The van der Waals surface area contributed by atoms with Gasteiger partial charge in [0.2, 0.25) is 5.91 Å².